The molecule has 2 atom stereocenters. The molecule has 49 heavy (non-hydrogen) atoms. The molecule has 0 spiro atoms. The molecule has 12 heteroatoms. The van der Waals surface area contributed by atoms with Gasteiger partial charge in [0.15, 0.2) is 0 Å². The zero-order valence-electron chi connectivity index (χ0n) is 27.6. The van der Waals surface area contributed by atoms with Crippen LogP contribution >= 0.6 is 22.7 Å². The van der Waals surface area contributed by atoms with Gasteiger partial charge in [0.25, 0.3) is 0 Å². The number of aromatic nitrogens is 2. The van der Waals surface area contributed by atoms with Crippen LogP contribution in [0.3, 0.4) is 0 Å². The zero-order chi connectivity index (χ0) is 34.1. The smallest absolute Gasteiger partial charge is 0.146 e. The van der Waals surface area contributed by atoms with E-state index in [2.05, 4.69) is 57.4 Å². The van der Waals surface area contributed by atoms with Crippen molar-refractivity contribution in [2.45, 2.75) is 71.9 Å². The van der Waals surface area contributed by atoms with Gasteiger partial charge in [-0.2, -0.15) is 8.73 Å². The van der Waals surface area contributed by atoms with Crippen LogP contribution in [0.25, 0.3) is 52.8 Å². The van der Waals surface area contributed by atoms with E-state index in [0.717, 1.165) is 85.5 Å². The Morgan fingerprint density at radius 2 is 1.22 bits per heavy atom. The monoisotopic (exact) mass is 714 g/mol. The molecule has 0 bridgehead atoms. The Morgan fingerprint density at radius 3 is 1.71 bits per heavy atom. The van der Waals surface area contributed by atoms with Crippen LogP contribution in [0, 0.1) is 11.6 Å². The summed E-state index contributed by atoms with van der Waals surface area (Å²) in [6.07, 6.45) is 5.26. The number of unbranched alkanes of at least 4 members (excludes halogenated alkanes) is 1. The van der Waals surface area contributed by atoms with Crippen LogP contribution in [-0.4, -0.2) is 22.4 Å². The van der Waals surface area contributed by atoms with Crippen molar-refractivity contribution in [1.29, 1.82) is 0 Å². The van der Waals surface area contributed by atoms with E-state index in [4.69, 9.17) is 4.63 Å². The maximum atomic E-state index is 15.5. The summed E-state index contributed by atoms with van der Waals surface area (Å²) in [6, 6.07) is 18.9. The van der Waals surface area contributed by atoms with Crippen LogP contribution in [0.1, 0.15) is 59.8 Å². The molecule has 3 aromatic heterocycles. The number of nitrogens with zero attached hydrogens (tertiary/aromatic N) is 4. The molecule has 1 aliphatic heterocycles. The molecule has 4 heterocycles. The summed E-state index contributed by atoms with van der Waals surface area (Å²) in [4.78, 5) is 3.28. The second-order valence-corrected chi connectivity index (χ2v) is 14.9. The highest BCUT2D eigenvalue weighted by Gasteiger charge is 2.29. The first-order chi connectivity index (χ1) is 23.9. The van der Waals surface area contributed by atoms with E-state index in [9.17, 15) is 0 Å². The summed E-state index contributed by atoms with van der Waals surface area (Å²) in [5.74, 6) is -0.571. The molecular formula is C37H36F2N6OS3. The Morgan fingerprint density at radius 1 is 0.694 bits per heavy atom. The molecule has 0 saturated carbocycles. The lowest BCUT2D eigenvalue weighted by atomic mass is 10.0. The molecule has 0 amide bonds. The molecule has 2 unspecified atom stereocenters. The second kappa shape index (κ2) is 14.3. The first-order valence-electron chi connectivity index (χ1n) is 16.6. The van der Waals surface area contributed by atoms with E-state index >= 15 is 8.78 Å². The first-order valence-corrected chi connectivity index (χ1v) is 19.0. The maximum absolute atomic E-state index is 15.5. The van der Waals surface area contributed by atoms with Crippen LogP contribution in [-0.2, 0) is 11.4 Å². The number of rotatable bonds is 13. The van der Waals surface area contributed by atoms with Crippen molar-refractivity contribution in [3.63, 3.8) is 0 Å². The molecule has 0 radical (unpaired) electrons. The summed E-state index contributed by atoms with van der Waals surface area (Å²) in [7, 11) is 0. The second-order valence-electron chi connectivity index (χ2n) is 12.2. The molecule has 1 aliphatic rings. The third-order valence-electron chi connectivity index (χ3n) is 8.89. The predicted octanol–water partition coefficient (Wildman–Crippen LogP) is 12.6. The van der Waals surface area contributed by atoms with Crippen LogP contribution < -0.4 is 10.6 Å². The largest absolute Gasteiger partial charge is 0.383 e. The van der Waals surface area contributed by atoms with Crippen molar-refractivity contribution in [2.24, 2.45) is 8.73 Å². The van der Waals surface area contributed by atoms with Gasteiger partial charge in [-0.05, 0) is 97.2 Å². The molecule has 7 nitrogen and oxygen atoms in total. The van der Waals surface area contributed by atoms with Gasteiger partial charge in [0.2, 0.25) is 0 Å². The summed E-state index contributed by atoms with van der Waals surface area (Å²) < 4.78 is 45.5. The molecule has 2 N–H and O–H groups in total. The Balaban J connectivity index is 1.21. The fraction of sp³-hybridized carbons (Fsp3) is 0.297. The Labute approximate surface area is 295 Å². The third kappa shape index (κ3) is 6.56. The van der Waals surface area contributed by atoms with Crippen LogP contribution in [0.4, 0.5) is 31.5 Å². The lowest BCUT2D eigenvalue weighted by Gasteiger charge is -2.18. The standard InChI is InChI=1S/C37H36F2N6OS3/c1-5-8-9-21(7-3)41-23-11-13-25(27(39)19-23)29-15-17-31(48-29)33-35-34(42-46-43-35)32(36-37(33)45-49-44-36)30-16-14-28(47-30)24-12-10-22(18-26(24)38)40-20(4)6-2/h10-21,40-41H,5-9H2,1-4H3. The molecule has 0 aliphatic carbocycles. The number of nitrogens with one attached hydrogen (secondary N) is 2. The highest BCUT2D eigenvalue weighted by molar-refractivity contribution is 7.58. The highest BCUT2D eigenvalue weighted by atomic mass is 32.1. The zero-order valence-corrected chi connectivity index (χ0v) is 30.1. The van der Waals surface area contributed by atoms with Crippen molar-refractivity contribution in [3.8, 4) is 41.8 Å². The van der Waals surface area contributed by atoms with Gasteiger partial charge in [0.1, 0.15) is 34.0 Å². The molecule has 3 aromatic carbocycles. The SMILES string of the molecule is CCCCC(CC)Nc1ccc(-c2ccc(-c3c4c(c(-c5ccc(-c6ccc(NC(C)CC)cc6F)s5)c5nonc35)N=S=N4)s2)c(F)c1. The maximum Gasteiger partial charge on any atom is 0.146 e. The fourth-order valence-electron chi connectivity index (χ4n) is 6.02. The van der Waals surface area contributed by atoms with E-state index in [1.165, 1.54) is 22.7 Å². The van der Waals surface area contributed by atoms with Crippen molar-refractivity contribution in [2.75, 3.05) is 10.6 Å². The number of hydrogen-bond donors (Lipinski definition) is 2. The van der Waals surface area contributed by atoms with Gasteiger partial charge in [-0.25, -0.2) is 13.4 Å². The average Bonchev–Trinajstić information content (AvgIpc) is 3.93. The minimum absolute atomic E-state index is 0.249. The van der Waals surface area contributed by atoms with Gasteiger partial charge in [-0.1, -0.05) is 33.6 Å². The van der Waals surface area contributed by atoms with Crippen LogP contribution in [0.2, 0.25) is 0 Å². The Kier molecular flexibility index (Phi) is 9.71. The van der Waals surface area contributed by atoms with Gasteiger partial charge in [-0.3, -0.25) is 0 Å². The molecule has 0 fully saturated rings. The Hall–Kier alpha value is -4.26. The number of halogens is 2. The number of benzene rings is 3. The fourth-order valence-corrected chi connectivity index (χ4v) is 8.74. The van der Waals surface area contributed by atoms with E-state index < -0.39 is 0 Å². The molecule has 6 aromatic rings. The average molecular weight is 715 g/mol. The minimum Gasteiger partial charge on any atom is -0.383 e. The topological polar surface area (TPSA) is 87.7 Å². The molecular weight excluding hydrogens is 679 g/mol. The number of hydrogen-bond acceptors (Lipinski definition) is 9. The molecule has 0 saturated heterocycles. The summed E-state index contributed by atoms with van der Waals surface area (Å²) >= 11 is 4.02. The normalized spacial score (nSPS) is 13.4. The third-order valence-corrected chi connectivity index (χ3v) is 11.7. The van der Waals surface area contributed by atoms with Crippen molar-refractivity contribution in [3.05, 3.63) is 72.3 Å². The highest BCUT2D eigenvalue weighted by Crippen LogP contribution is 2.54. The summed E-state index contributed by atoms with van der Waals surface area (Å²) in [5, 5.41) is 15.4. The van der Waals surface area contributed by atoms with E-state index in [-0.39, 0.29) is 17.7 Å². The lowest BCUT2D eigenvalue weighted by Crippen LogP contribution is -2.18. The predicted molar refractivity (Wildman–Crippen MR) is 201 cm³/mol. The van der Waals surface area contributed by atoms with Crippen LogP contribution in [0.15, 0.2) is 74.0 Å². The number of fused-ring (bicyclic) bond motifs is 2. The lowest BCUT2D eigenvalue weighted by molar-refractivity contribution is 0.315. The van der Waals surface area contributed by atoms with E-state index in [1.54, 1.807) is 12.1 Å². The quantitative estimate of drug-likeness (QED) is 0.124. The van der Waals surface area contributed by atoms with E-state index in [1.807, 2.05) is 48.5 Å². The molecule has 7 rings (SSSR count). The van der Waals surface area contributed by atoms with Gasteiger partial charge < -0.3 is 10.6 Å². The van der Waals surface area contributed by atoms with E-state index in [0.29, 0.717) is 39.6 Å². The van der Waals surface area contributed by atoms with Gasteiger partial charge in [0, 0.05) is 54.1 Å². The minimum atomic E-state index is -0.293. The van der Waals surface area contributed by atoms with Gasteiger partial charge in [-0.15, -0.1) is 22.7 Å². The first kappa shape index (κ1) is 33.2. The molecule has 252 valence electrons. The van der Waals surface area contributed by atoms with Gasteiger partial charge in [0.05, 0.1) is 22.5 Å². The summed E-state index contributed by atoms with van der Waals surface area (Å²) in [6.45, 7) is 8.49. The summed E-state index contributed by atoms with van der Waals surface area (Å²) in [5.41, 5.74) is 6.50. The number of thiophene rings is 2. The van der Waals surface area contributed by atoms with Crippen molar-refractivity contribution >= 4 is 67.8 Å². The van der Waals surface area contributed by atoms with Gasteiger partial charge >= 0.3 is 0 Å². The Bertz CT molecular complexity index is 2220. The van der Waals surface area contributed by atoms with Crippen molar-refractivity contribution < 1.29 is 13.4 Å². The number of anilines is 2. The van der Waals surface area contributed by atoms with Crippen LogP contribution in [0.5, 0.6) is 0 Å². The van der Waals surface area contributed by atoms with Crippen molar-refractivity contribution in [1.82, 2.24) is 10.3 Å².